The summed E-state index contributed by atoms with van der Waals surface area (Å²) in [6.45, 7) is 6.77. The number of hydrogen-bond acceptors (Lipinski definition) is 2. The first-order valence-electron chi connectivity index (χ1n) is 6.39. The monoisotopic (exact) mass is 221 g/mol. The summed E-state index contributed by atoms with van der Waals surface area (Å²) in [7, 11) is 0. The van der Waals surface area contributed by atoms with Gasteiger partial charge in [0.25, 0.3) is 0 Å². The minimum Gasteiger partial charge on any atom is -0.312 e. The van der Waals surface area contributed by atoms with Crippen molar-refractivity contribution in [1.29, 1.82) is 0 Å². The van der Waals surface area contributed by atoms with Crippen LogP contribution in [0.1, 0.15) is 39.5 Å². The second-order valence-electron chi connectivity index (χ2n) is 5.51. The Morgan fingerprint density at radius 2 is 2.31 bits per heavy atom. The van der Waals surface area contributed by atoms with Gasteiger partial charge in [0.1, 0.15) is 0 Å². The van der Waals surface area contributed by atoms with Gasteiger partial charge >= 0.3 is 0 Å². The van der Waals surface area contributed by atoms with E-state index in [1.807, 2.05) is 23.1 Å². The maximum atomic E-state index is 4.21. The summed E-state index contributed by atoms with van der Waals surface area (Å²) in [5.74, 6) is 0. The van der Waals surface area contributed by atoms with Gasteiger partial charge in [0.05, 0.1) is 6.54 Å². The Morgan fingerprint density at radius 1 is 1.44 bits per heavy atom. The summed E-state index contributed by atoms with van der Waals surface area (Å²) < 4.78 is 1.99. The van der Waals surface area contributed by atoms with Crippen molar-refractivity contribution < 1.29 is 0 Å². The van der Waals surface area contributed by atoms with Crippen molar-refractivity contribution in [3.63, 3.8) is 0 Å². The maximum Gasteiger partial charge on any atom is 0.0534 e. The first-order valence-corrected chi connectivity index (χ1v) is 6.39. The average Bonchev–Trinajstić information content (AvgIpc) is 2.73. The first kappa shape index (κ1) is 11.6. The normalized spacial score (nSPS) is 24.5. The molecule has 0 radical (unpaired) electrons. The molecule has 1 aromatic rings. The van der Waals surface area contributed by atoms with Gasteiger partial charge in [-0.15, -0.1) is 0 Å². The van der Waals surface area contributed by atoms with E-state index in [4.69, 9.17) is 0 Å². The summed E-state index contributed by atoms with van der Waals surface area (Å²) >= 11 is 0. The maximum absolute atomic E-state index is 4.21. The lowest BCUT2D eigenvalue weighted by atomic mass is 9.73. The molecule has 1 atom stereocenters. The molecule has 1 unspecified atom stereocenters. The van der Waals surface area contributed by atoms with Crippen LogP contribution in [0.25, 0.3) is 0 Å². The Bertz CT molecular complexity index is 303. The average molecular weight is 221 g/mol. The van der Waals surface area contributed by atoms with Crippen LogP contribution in [0.3, 0.4) is 0 Å². The zero-order valence-electron chi connectivity index (χ0n) is 10.4. The molecule has 1 saturated carbocycles. The summed E-state index contributed by atoms with van der Waals surface area (Å²) in [5, 5.41) is 7.90. The smallest absolute Gasteiger partial charge is 0.0534 e. The van der Waals surface area contributed by atoms with Gasteiger partial charge in [-0.1, -0.05) is 26.7 Å². The highest BCUT2D eigenvalue weighted by atomic mass is 15.3. The topological polar surface area (TPSA) is 29.9 Å². The molecule has 90 valence electrons. The van der Waals surface area contributed by atoms with Gasteiger partial charge in [-0.2, -0.15) is 5.10 Å². The van der Waals surface area contributed by atoms with Gasteiger partial charge in [0.15, 0.2) is 0 Å². The lowest BCUT2D eigenvalue weighted by Crippen LogP contribution is -2.45. The van der Waals surface area contributed by atoms with Crippen LogP contribution in [0.2, 0.25) is 0 Å². The van der Waals surface area contributed by atoms with Gasteiger partial charge in [-0.25, -0.2) is 0 Å². The molecule has 2 rings (SSSR count). The van der Waals surface area contributed by atoms with Gasteiger partial charge in [-0.3, -0.25) is 4.68 Å². The van der Waals surface area contributed by atoms with E-state index in [-0.39, 0.29) is 0 Å². The second-order valence-corrected chi connectivity index (χ2v) is 5.51. The van der Waals surface area contributed by atoms with Gasteiger partial charge in [-0.05, 0) is 24.3 Å². The lowest BCUT2D eigenvalue weighted by Gasteiger charge is -2.39. The predicted molar refractivity (Wildman–Crippen MR) is 66.3 cm³/mol. The Labute approximate surface area is 98.2 Å². The van der Waals surface area contributed by atoms with Crippen molar-refractivity contribution in [3.8, 4) is 0 Å². The number of hydrogen-bond donors (Lipinski definition) is 1. The number of nitrogens with one attached hydrogen (secondary N) is 1. The molecule has 1 aliphatic rings. The summed E-state index contributed by atoms with van der Waals surface area (Å²) in [6, 6.07) is 2.65. The Balaban J connectivity index is 1.76. The van der Waals surface area contributed by atoms with E-state index in [9.17, 15) is 0 Å². The van der Waals surface area contributed by atoms with Crippen molar-refractivity contribution in [2.45, 2.75) is 52.1 Å². The van der Waals surface area contributed by atoms with Crippen LogP contribution < -0.4 is 5.32 Å². The summed E-state index contributed by atoms with van der Waals surface area (Å²) in [6.07, 6.45) is 9.31. The lowest BCUT2D eigenvalue weighted by molar-refractivity contribution is 0.167. The SMILES string of the molecule is CC1(C)CCCCC1NCCn1cccn1. The van der Waals surface area contributed by atoms with Crippen molar-refractivity contribution in [2.75, 3.05) is 6.54 Å². The fourth-order valence-electron chi connectivity index (χ4n) is 2.66. The Morgan fingerprint density at radius 3 is 3.00 bits per heavy atom. The van der Waals surface area contributed by atoms with Crippen molar-refractivity contribution in [1.82, 2.24) is 15.1 Å². The third-order valence-corrected chi connectivity index (χ3v) is 3.80. The zero-order valence-corrected chi connectivity index (χ0v) is 10.4. The Kier molecular flexibility index (Phi) is 3.64. The van der Waals surface area contributed by atoms with E-state index in [0.29, 0.717) is 11.5 Å². The van der Waals surface area contributed by atoms with Crippen LogP contribution in [0.15, 0.2) is 18.5 Å². The molecule has 3 nitrogen and oxygen atoms in total. The van der Waals surface area contributed by atoms with Gasteiger partial charge in [0, 0.05) is 25.0 Å². The number of rotatable bonds is 4. The molecule has 0 aliphatic heterocycles. The highest BCUT2D eigenvalue weighted by Gasteiger charge is 2.31. The van der Waals surface area contributed by atoms with Crippen LogP contribution in [0.5, 0.6) is 0 Å². The molecule has 1 fully saturated rings. The van der Waals surface area contributed by atoms with E-state index in [0.717, 1.165) is 13.1 Å². The molecule has 0 amide bonds. The van der Waals surface area contributed by atoms with Crippen LogP contribution in [0, 0.1) is 5.41 Å². The molecule has 1 aliphatic carbocycles. The number of nitrogens with zero attached hydrogens (tertiary/aromatic N) is 2. The van der Waals surface area contributed by atoms with Gasteiger partial charge in [0.2, 0.25) is 0 Å². The largest absolute Gasteiger partial charge is 0.312 e. The molecule has 0 saturated heterocycles. The molecule has 1 heterocycles. The molecular weight excluding hydrogens is 198 g/mol. The summed E-state index contributed by atoms with van der Waals surface area (Å²) in [5.41, 5.74) is 0.461. The van der Waals surface area contributed by atoms with E-state index in [1.165, 1.54) is 25.7 Å². The van der Waals surface area contributed by atoms with Crippen LogP contribution >= 0.6 is 0 Å². The van der Waals surface area contributed by atoms with E-state index in [1.54, 1.807) is 0 Å². The standard InChI is InChI=1S/C13H23N3/c1-13(2)7-4-3-6-12(13)14-9-11-16-10-5-8-15-16/h5,8,10,12,14H,3-4,6-7,9,11H2,1-2H3. The van der Waals surface area contributed by atoms with Crippen molar-refractivity contribution >= 4 is 0 Å². The Hall–Kier alpha value is -0.830. The minimum absolute atomic E-state index is 0.461. The van der Waals surface area contributed by atoms with Crippen LogP contribution in [0.4, 0.5) is 0 Å². The highest BCUT2D eigenvalue weighted by Crippen LogP contribution is 2.35. The first-order chi connectivity index (χ1) is 7.68. The van der Waals surface area contributed by atoms with Crippen molar-refractivity contribution in [3.05, 3.63) is 18.5 Å². The van der Waals surface area contributed by atoms with Crippen LogP contribution in [-0.2, 0) is 6.54 Å². The van der Waals surface area contributed by atoms with Crippen LogP contribution in [-0.4, -0.2) is 22.4 Å². The molecule has 1 N–H and O–H groups in total. The molecule has 0 bridgehead atoms. The zero-order chi connectivity index (χ0) is 11.4. The molecule has 16 heavy (non-hydrogen) atoms. The molecule has 3 heteroatoms. The van der Waals surface area contributed by atoms with E-state index < -0.39 is 0 Å². The molecule has 0 spiro atoms. The molecule has 0 aromatic carbocycles. The fraction of sp³-hybridized carbons (Fsp3) is 0.769. The quantitative estimate of drug-likeness (QED) is 0.846. The molecular formula is C13H23N3. The second kappa shape index (κ2) is 5.00. The van der Waals surface area contributed by atoms with Gasteiger partial charge < -0.3 is 5.32 Å². The molecule has 1 aromatic heterocycles. The third-order valence-electron chi connectivity index (χ3n) is 3.80. The minimum atomic E-state index is 0.461. The summed E-state index contributed by atoms with van der Waals surface area (Å²) in [4.78, 5) is 0. The highest BCUT2D eigenvalue weighted by molar-refractivity contribution is 4.87. The van der Waals surface area contributed by atoms with E-state index in [2.05, 4.69) is 24.3 Å². The fourth-order valence-corrected chi connectivity index (χ4v) is 2.66. The van der Waals surface area contributed by atoms with E-state index >= 15 is 0 Å². The number of aromatic nitrogens is 2. The van der Waals surface area contributed by atoms with Crippen molar-refractivity contribution in [2.24, 2.45) is 5.41 Å². The predicted octanol–water partition coefficient (Wildman–Crippen LogP) is 2.44. The third kappa shape index (κ3) is 2.85.